The molecule has 0 atom stereocenters. The van der Waals surface area contributed by atoms with Crippen LogP contribution in [0.3, 0.4) is 0 Å². The molecule has 0 radical (unpaired) electrons. The van der Waals surface area contributed by atoms with E-state index < -0.39 is 6.61 Å². The maximum absolute atomic E-state index is 12.4. The van der Waals surface area contributed by atoms with E-state index in [1.807, 2.05) is 0 Å². The Morgan fingerprint density at radius 3 is 2.73 bits per heavy atom. The summed E-state index contributed by atoms with van der Waals surface area (Å²) >= 11 is 1.20. The maximum atomic E-state index is 12.4. The Morgan fingerprint density at radius 2 is 2.04 bits per heavy atom. The van der Waals surface area contributed by atoms with E-state index in [9.17, 15) is 18.4 Å². The minimum Gasteiger partial charge on any atom is -0.434 e. The van der Waals surface area contributed by atoms with Gasteiger partial charge in [0.05, 0.1) is 9.88 Å². The molecule has 1 aromatic heterocycles. The molecule has 1 aliphatic rings. The summed E-state index contributed by atoms with van der Waals surface area (Å²) in [5, 5.41) is 6.16. The summed E-state index contributed by atoms with van der Waals surface area (Å²) in [7, 11) is 0. The Balaban J connectivity index is 1.63. The predicted molar refractivity (Wildman–Crippen MR) is 94.7 cm³/mol. The van der Waals surface area contributed by atoms with Crippen LogP contribution in [0.15, 0.2) is 30.3 Å². The molecule has 1 aromatic carbocycles. The highest BCUT2D eigenvalue weighted by atomic mass is 32.1. The van der Waals surface area contributed by atoms with Gasteiger partial charge in [-0.15, -0.1) is 11.3 Å². The lowest BCUT2D eigenvalue weighted by Crippen LogP contribution is -2.23. The molecule has 1 fully saturated rings. The van der Waals surface area contributed by atoms with Gasteiger partial charge in [0.1, 0.15) is 5.75 Å². The topological polar surface area (TPSA) is 67.4 Å². The van der Waals surface area contributed by atoms with Gasteiger partial charge < -0.3 is 15.4 Å². The number of ether oxygens (including phenoxy) is 1. The molecule has 0 spiro atoms. The third kappa shape index (κ3) is 4.57. The van der Waals surface area contributed by atoms with Crippen LogP contribution in [0.25, 0.3) is 0 Å². The number of nitrogens with one attached hydrogen (secondary N) is 2. The van der Waals surface area contributed by atoms with Crippen LogP contribution in [0.1, 0.15) is 33.6 Å². The van der Waals surface area contributed by atoms with Gasteiger partial charge in [-0.05, 0) is 37.5 Å². The fourth-order valence-corrected chi connectivity index (χ4v) is 3.45. The van der Waals surface area contributed by atoms with E-state index in [0.29, 0.717) is 15.4 Å². The molecule has 0 aliphatic heterocycles. The lowest BCUT2D eigenvalue weighted by Gasteiger charge is -2.11. The van der Waals surface area contributed by atoms with Crippen LogP contribution >= 0.6 is 11.3 Å². The van der Waals surface area contributed by atoms with Crippen molar-refractivity contribution in [3.05, 3.63) is 46.3 Å². The van der Waals surface area contributed by atoms with Crippen molar-refractivity contribution in [2.45, 2.75) is 32.9 Å². The first-order valence-electron chi connectivity index (χ1n) is 8.16. The van der Waals surface area contributed by atoms with E-state index in [1.165, 1.54) is 17.4 Å². The Morgan fingerprint density at radius 1 is 1.31 bits per heavy atom. The lowest BCUT2D eigenvalue weighted by atomic mass is 10.2. The van der Waals surface area contributed by atoms with Gasteiger partial charge >= 0.3 is 6.61 Å². The first-order chi connectivity index (χ1) is 12.4. The zero-order valence-corrected chi connectivity index (χ0v) is 14.9. The number of aryl methyl sites for hydroxylation is 1. The zero-order chi connectivity index (χ0) is 18.7. The van der Waals surface area contributed by atoms with Gasteiger partial charge in [-0.3, -0.25) is 9.59 Å². The summed E-state index contributed by atoms with van der Waals surface area (Å²) in [5.74, 6) is -0.230. The number of amides is 2. The Labute approximate surface area is 153 Å². The second-order valence-corrected chi connectivity index (χ2v) is 7.11. The SMILES string of the molecule is Cc1cc(NC(=O)C2CC2)sc1C(=O)NCc1ccccc1OC(F)F. The third-order valence-electron chi connectivity index (χ3n) is 3.95. The van der Waals surface area contributed by atoms with Crippen molar-refractivity contribution in [3.8, 4) is 5.75 Å². The molecule has 0 saturated heterocycles. The second-order valence-electron chi connectivity index (χ2n) is 6.06. The number of anilines is 1. The zero-order valence-electron chi connectivity index (χ0n) is 14.1. The molecule has 0 bridgehead atoms. The van der Waals surface area contributed by atoms with E-state index in [4.69, 9.17) is 0 Å². The van der Waals surface area contributed by atoms with Gasteiger partial charge in [-0.2, -0.15) is 8.78 Å². The van der Waals surface area contributed by atoms with Crippen LogP contribution in [0, 0.1) is 12.8 Å². The molecule has 2 aromatic rings. The largest absolute Gasteiger partial charge is 0.434 e. The van der Waals surface area contributed by atoms with E-state index in [-0.39, 0.29) is 30.0 Å². The number of halogens is 2. The fourth-order valence-electron chi connectivity index (χ4n) is 2.45. The molecule has 0 unspecified atom stereocenters. The molecule has 3 rings (SSSR count). The van der Waals surface area contributed by atoms with E-state index in [0.717, 1.165) is 18.4 Å². The number of alkyl halides is 2. The fraction of sp³-hybridized carbons (Fsp3) is 0.333. The third-order valence-corrected chi connectivity index (χ3v) is 5.10. The van der Waals surface area contributed by atoms with Crippen molar-refractivity contribution in [1.82, 2.24) is 5.32 Å². The van der Waals surface area contributed by atoms with Crippen LogP contribution in [-0.2, 0) is 11.3 Å². The molecule has 2 N–H and O–H groups in total. The van der Waals surface area contributed by atoms with Crippen molar-refractivity contribution in [2.24, 2.45) is 5.92 Å². The van der Waals surface area contributed by atoms with Gasteiger partial charge in [-0.1, -0.05) is 18.2 Å². The molecule has 5 nitrogen and oxygen atoms in total. The van der Waals surface area contributed by atoms with Gasteiger partial charge in [0.25, 0.3) is 5.91 Å². The number of carbonyl (C=O) groups is 2. The summed E-state index contributed by atoms with van der Waals surface area (Å²) in [4.78, 5) is 24.7. The number of rotatable bonds is 7. The molecule has 138 valence electrons. The minimum atomic E-state index is -2.93. The number of para-hydroxylation sites is 1. The molecule has 2 amide bonds. The first-order valence-corrected chi connectivity index (χ1v) is 8.98. The van der Waals surface area contributed by atoms with Crippen molar-refractivity contribution in [3.63, 3.8) is 0 Å². The normalized spacial score (nSPS) is 13.5. The van der Waals surface area contributed by atoms with E-state index in [2.05, 4.69) is 15.4 Å². The highest BCUT2D eigenvalue weighted by molar-refractivity contribution is 7.18. The number of hydrogen-bond acceptors (Lipinski definition) is 4. The molecular formula is C18H18F2N2O3S. The average Bonchev–Trinajstić information content (AvgIpc) is 3.37. The van der Waals surface area contributed by atoms with Gasteiger partial charge in [0.15, 0.2) is 0 Å². The van der Waals surface area contributed by atoms with Crippen LogP contribution in [0.4, 0.5) is 13.8 Å². The Bertz CT molecular complexity index is 819. The quantitative estimate of drug-likeness (QED) is 0.765. The molecular weight excluding hydrogens is 362 g/mol. The summed E-state index contributed by atoms with van der Waals surface area (Å²) in [6.07, 6.45) is 1.81. The molecule has 1 heterocycles. The Kier molecular flexibility index (Phi) is 5.51. The summed E-state index contributed by atoms with van der Waals surface area (Å²) in [5.41, 5.74) is 1.20. The van der Waals surface area contributed by atoms with Crippen molar-refractivity contribution in [2.75, 3.05) is 5.32 Å². The van der Waals surface area contributed by atoms with Gasteiger partial charge in [0.2, 0.25) is 5.91 Å². The summed E-state index contributed by atoms with van der Waals surface area (Å²) in [6, 6.07) is 8.06. The molecule has 1 saturated carbocycles. The Hall–Kier alpha value is -2.48. The first kappa shape index (κ1) is 18.3. The monoisotopic (exact) mass is 380 g/mol. The van der Waals surface area contributed by atoms with Crippen molar-refractivity contribution < 1.29 is 23.1 Å². The van der Waals surface area contributed by atoms with Crippen molar-refractivity contribution in [1.29, 1.82) is 0 Å². The highest BCUT2D eigenvalue weighted by Crippen LogP contribution is 2.33. The van der Waals surface area contributed by atoms with E-state index >= 15 is 0 Å². The van der Waals surface area contributed by atoms with Crippen LogP contribution in [0.2, 0.25) is 0 Å². The average molecular weight is 380 g/mol. The number of benzene rings is 1. The molecule has 26 heavy (non-hydrogen) atoms. The summed E-state index contributed by atoms with van der Waals surface area (Å²) in [6.45, 7) is -1.08. The lowest BCUT2D eigenvalue weighted by molar-refractivity contribution is -0.117. The van der Waals surface area contributed by atoms with Gasteiger partial charge in [0, 0.05) is 18.0 Å². The molecule has 1 aliphatic carbocycles. The highest BCUT2D eigenvalue weighted by Gasteiger charge is 2.30. The number of thiophene rings is 1. The number of carbonyl (C=O) groups excluding carboxylic acids is 2. The minimum absolute atomic E-state index is 0.0173. The van der Waals surface area contributed by atoms with Crippen LogP contribution in [0.5, 0.6) is 5.75 Å². The second kappa shape index (κ2) is 7.82. The van der Waals surface area contributed by atoms with Gasteiger partial charge in [-0.25, -0.2) is 0 Å². The van der Waals surface area contributed by atoms with Crippen LogP contribution < -0.4 is 15.4 Å². The predicted octanol–water partition coefficient (Wildman–Crippen LogP) is 3.94. The smallest absolute Gasteiger partial charge is 0.387 e. The van der Waals surface area contributed by atoms with Crippen LogP contribution in [-0.4, -0.2) is 18.4 Å². The number of hydrogen-bond donors (Lipinski definition) is 2. The molecule has 8 heteroatoms. The summed E-state index contributed by atoms with van der Waals surface area (Å²) < 4.78 is 29.3. The van der Waals surface area contributed by atoms with E-state index in [1.54, 1.807) is 31.2 Å². The standard InChI is InChI=1S/C18H18F2N2O3S/c1-10-8-14(22-16(23)11-6-7-11)26-15(10)17(24)21-9-12-4-2-3-5-13(12)25-18(19)20/h2-5,8,11,18H,6-7,9H2,1H3,(H,21,24)(H,22,23). The van der Waals surface area contributed by atoms with Crippen molar-refractivity contribution >= 4 is 28.2 Å². The maximum Gasteiger partial charge on any atom is 0.387 e.